The largest absolute Gasteiger partial charge is 0.224 e. The molecule has 0 N–H and O–H groups in total. The Morgan fingerprint density at radius 3 is 1.92 bits per heavy atom. The topological polar surface area (TPSA) is 34.1 Å². The van der Waals surface area contributed by atoms with Crippen molar-refractivity contribution in [2.45, 2.75) is 99.3 Å². The van der Waals surface area contributed by atoms with E-state index in [9.17, 15) is 8.42 Å². The molecule has 2 nitrogen and oxygen atoms in total. The lowest BCUT2D eigenvalue weighted by Gasteiger charge is -2.35. The molecule has 1 aromatic rings. The molecule has 0 radical (unpaired) electrons. The Morgan fingerprint density at radius 2 is 1.38 bits per heavy atom. The third kappa shape index (κ3) is 11.9. The molecule has 0 saturated carbocycles. The number of hydrogen-bond donors (Lipinski definition) is 0. The van der Waals surface area contributed by atoms with Crippen LogP contribution in [0.1, 0.15) is 94.4 Å². The van der Waals surface area contributed by atoms with Crippen molar-refractivity contribution in [1.82, 2.24) is 0 Å². The van der Waals surface area contributed by atoms with Crippen LogP contribution >= 0.6 is 15.9 Å². The minimum atomic E-state index is -3.33. The average Bonchev–Trinajstić information content (AvgIpc) is 2.81. The van der Waals surface area contributed by atoms with Gasteiger partial charge in [0.05, 0.1) is 10.6 Å². The molecule has 0 heterocycles. The summed E-state index contributed by atoms with van der Waals surface area (Å²) in [5, 5.41) is 0.888. The maximum Gasteiger partial charge on any atom is 0.178 e. The minimum Gasteiger partial charge on any atom is -0.224 e. The van der Waals surface area contributed by atoms with E-state index in [2.05, 4.69) is 103 Å². The molecule has 1 aromatic carbocycles. The monoisotopic (exact) mass is 590 g/mol. The first-order valence-corrected chi connectivity index (χ1v) is 16.4. The van der Waals surface area contributed by atoms with Crippen molar-refractivity contribution in [2.24, 2.45) is 16.7 Å². The van der Waals surface area contributed by atoms with Crippen molar-refractivity contribution in [3.63, 3.8) is 0 Å². The van der Waals surface area contributed by atoms with Crippen LogP contribution in [0, 0.1) is 16.7 Å². The van der Waals surface area contributed by atoms with E-state index in [0.717, 1.165) is 31.0 Å². The number of rotatable bonds is 14. The van der Waals surface area contributed by atoms with Crippen LogP contribution in [-0.4, -0.2) is 19.5 Å². The molecule has 0 fully saturated rings. The second-order valence-electron chi connectivity index (χ2n) is 12.1. The molecular weight excluding hydrogens is 540 g/mol. The van der Waals surface area contributed by atoms with Crippen LogP contribution in [0.15, 0.2) is 81.8 Å². The molecule has 0 saturated heterocycles. The first-order chi connectivity index (χ1) is 17.1. The highest BCUT2D eigenvalue weighted by atomic mass is 79.9. The Balaban J connectivity index is 3.17. The van der Waals surface area contributed by atoms with Crippen LogP contribution in [-0.2, 0) is 9.84 Å². The van der Waals surface area contributed by atoms with Crippen LogP contribution in [0.3, 0.4) is 0 Å². The summed E-state index contributed by atoms with van der Waals surface area (Å²) in [4.78, 5) is 0.413. The first-order valence-electron chi connectivity index (χ1n) is 13.6. The molecule has 1 rings (SSSR count). The molecule has 1 atom stereocenters. The molecule has 0 spiro atoms. The van der Waals surface area contributed by atoms with E-state index in [-0.39, 0.29) is 22.5 Å². The van der Waals surface area contributed by atoms with Gasteiger partial charge in [-0.05, 0) is 88.7 Å². The third-order valence-corrected chi connectivity index (χ3v) is 9.90. The van der Waals surface area contributed by atoms with Gasteiger partial charge >= 0.3 is 0 Å². The number of alkyl halides is 1. The predicted octanol–water partition coefficient (Wildman–Crippen LogP) is 10.3. The number of sulfone groups is 1. The quantitative estimate of drug-likeness (QED) is 0.159. The fourth-order valence-electron chi connectivity index (χ4n) is 4.24. The summed E-state index contributed by atoms with van der Waals surface area (Å²) in [5.41, 5.74) is 5.51. The Bertz CT molecular complexity index is 1070. The molecule has 0 aliphatic heterocycles. The second-order valence-corrected chi connectivity index (χ2v) is 14.8. The highest BCUT2D eigenvalue weighted by Gasteiger charge is 2.31. The van der Waals surface area contributed by atoms with Gasteiger partial charge in [-0.3, -0.25) is 0 Å². The van der Waals surface area contributed by atoms with E-state index in [1.54, 1.807) is 24.3 Å². The van der Waals surface area contributed by atoms with E-state index < -0.39 is 9.84 Å². The number of benzene rings is 1. The van der Waals surface area contributed by atoms with Crippen LogP contribution in [0.2, 0.25) is 0 Å². The van der Waals surface area contributed by atoms with Gasteiger partial charge in [0, 0.05) is 5.33 Å². The zero-order chi connectivity index (χ0) is 28.3. The Labute approximate surface area is 237 Å². The van der Waals surface area contributed by atoms with Crippen molar-refractivity contribution >= 4 is 25.8 Å². The highest BCUT2D eigenvalue weighted by molar-refractivity contribution is 9.09. The maximum atomic E-state index is 13.1. The molecule has 0 amide bonds. The fourth-order valence-corrected chi connectivity index (χ4v) is 6.16. The van der Waals surface area contributed by atoms with Gasteiger partial charge in [-0.25, -0.2) is 8.42 Å². The van der Waals surface area contributed by atoms with E-state index in [1.807, 2.05) is 6.07 Å². The second kappa shape index (κ2) is 15.3. The molecule has 0 aromatic heterocycles. The summed E-state index contributed by atoms with van der Waals surface area (Å²) in [6, 6.07) is 8.85. The van der Waals surface area contributed by atoms with Gasteiger partial charge in [-0.2, -0.15) is 0 Å². The minimum absolute atomic E-state index is 0.133. The number of allylic oxidation sites excluding steroid dienone is 8. The molecule has 0 aliphatic carbocycles. The lowest BCUT2D eigenvalue weighted by atomic mass is 9.71. The third-order valence-electron chi connectivity index (χ3n) is 7.82. The van der Waals surface area contributed by atoms with E-state index in [4.69, 9.17) is 0 Å². The molecule has 208 valence electrons. The van der Waals surface area contributed by atoms with Gasteiger partial charge in [0.15, 0.2) is 9.84 Å². The predicted molar refractivity (Wildman–Crippen MR) is 167 cm³/mol. The van der Waals surface area contributed by atoms with Crippen LogP contribution < -0.4 is 0 Å². The Hall–Kier alpha value is -1.39. The van der Waals surface area contributed by atoms with E-state index in [0.29, 0.717) is 11.3 Å². The summed E-state index contributed by atoms with van der Waals surface area (Å²) in [7, 11) is -3.33. The van der Waals surface area contributed by atoms with Crippen molar-refractivity contribution in [1.29, 1.82) is 0 Å². The van der Waals surface area contributed by atoms with E-state index >= 15 is 0 Å². The SMILES string of the molecule is C/C(=C\CBr)CC/C=C(\C)C(C)(C)C(/C=C(\C)CC/C=C(\C)C(C)(C)C)CCS(=O)(=O)c1ccccc1. The molecular formula is C33H51BrO2S. The van der Waals surface area contributed by atoms with E-state index in [1.165, 1.54) is 22.3 Å². The van der Waals surface area contributed by atoms with Gasteiger partial charge < -0.3 is 0 Å². The van der Waals surface area contributed by atoms with Crippen LogP contribution in [0.4, 0.5) is 0 Å². The average molecular weight is 592 g/mol. The Kier molecular flexibility index (Phi) is 13.9. The first kappa shape index (κ1) is 33.6. The fraction of sp³-hybridized carbons (Fsp3) is 0.576. The Morgan fingerprint density at radius 1 is 0.838 bits per heavy atom. The standard InChI is InChI=1S/C33H51BrO2S/c1-26(21-23-34)15-13-18-29(4)33(8,9)30(22-24-37(35,36)31-19-11-10-12-20-31)25-27(2)16-14-17-28(3)32(5,6)7/h10-12,17-21,25,30H,13-16,22-24H2,1-9H3/b26-21+,27-25+,28-17+,29-18+. The summed E-state index contributed by atoms with van der Waals surface area (Å²) >= 11 is 3.48. The zero-order valence-electron chi connectivity index (χ0n) is 24.8. The summed E-state index contributed by atoms with van der Waals surface area (Å²) in [5.74, 6) is 0.285. The number of hydrogen-bond acceptors (Lipinski definition) is 2. The molecule has 0 bridgehead atoms. The molecule has 0 aliphatic rings. The lowest BCUT2D eigenvalue weighted by Crippen LogP contribution is -2.27. The van der Waals surface area contributed by atoms with Crippen molar-refractivity contribution in [3.8, 4) is 0 Å². The lowest BCUT2D eigenvalue weighted by molar-refractivity contribution is 0.309. The zero-order valence-corrected chi connectivity index (χ0v) is 27.2. The summed E-state index contributed by atoms with van der Waals surface area (Å²) < 4.78 is 26.2. The molecule has 1 unspecified atom stereocenters. The highest BCUT2D eigenvalue weighted by Crippen LogP contribution is 2.40. The van der Waals surface area contributed by atoms with Gasteiger partial charge in [-0.1, -0.05) is 115 Å². The number of halogens is 1. The normalized spacial score (nSPS) is 15.7. The van der Waals surface area contributed by atoms with Gasteiger partial charge in [0.2, 0.25) is 0 Å². The van der Waals surface area contributed by atoms with Crippen LogP contribution in [0.25, 0.3) is 0 Å². The maximum absolute atomic E-state index is 13.1. The van der Waals surface area contributed by atoms with Gasteiger partial charge in [-0.15, -0.1) is 0 Å². The molecule has 4 heteroatoms. The smallest absolute Gasteiger partial charge is 0.178 e. The molecule has 37 heavy (non-hydrogen) atoms. The van der Waals surface area contributed by atoms with Crippen molar-refractivity contribution < 1.29 is 8.42 Å². The van der Waals surface area contributed by atoms with Crippen LogP contribution in [0.5, 0.6) is 0 Å². The van der Waals surface area contributed by atoms with Gasteiger partial charge in [0.1, 0.15) is 0 Å². The summed E-state index contributed by atoms with van der Waals surface area (Å²) in [6.45, 7) is 20.1. The van der Waals surface area contributed by atoms with Crippen molar-refractivity contribution in [2.75, 3.05) is 11.1 Å². The van der Waals surface area contributed by atoms with Crippen molar-refractivity contribution in [3.05, 3.63) is 76.9 Å². The van der Waals surface area contributed by atoms with Gasteiger partial charge in [0.25, 0.3) is 0 Å². The summed E-state index contributed by atoms with van der Waals surface area (Å²) in [6.07, 6.45) is 13.9.